The predicted octanol–water partition coefficient (Wildman–Crippen LogP) is 9.84. The molecule has 2 fully saturated rings. The van der Waals surface area contributed by atoms with Crippen molar-refractivity contribution in [3.05, 3.63) is 98.7 Å². The van der Waals surface area contributed by atoms with Crippen molar-refractivity contribution in [3.63, 3.8) is 0 Å². The lowest BCUT2D eigenvalue weighted by Gasteiger charge is -2.29. The highest BCUT2D eigenvalue weighted by Crippen LogP contribution is 2.52. The molecule has 3 aliphatic rings. The molecule has 0 spiro atoms. The molecule has 0 saturated heterocycles. The van der Waals surface area contributed by atoms with Crippen molar-refractivity contribution in [3.8, 4) is 23.0 Å². The van der Waals surface area contributed by atoms with Gasteiger partial charge in [-0.05, 0) is 94.7 Å². The number of sulfone groups is 2. The number of ketones is 1. The largest absolute Gasteiger partial charge is 0.298 e. The van der Waals surface area contributed by atoms with Crippen molar-refractivity contribution < 1.29 is 56.8 Å². The molecule has 5 aromatic rings. The molecule has 0 N–H and O–H groups in total. The number of nitrogens with zero attached hydrogens (tertiary/aromatic N) is 5. The number of carbonyl (C=O) groups is 1. The average molecular weight is 984 g/mol. The maximum absolute atomic E-state index is 15.4. The fourth-order valence-electron chi connectivity index (χ4n) is 8.60. The Balaban J connectivity index is 1.30. The quantitative estimate of drug-likeness (QED) is 0.0794. The van der Waals surface area contributed by atoms with Crippen molar-refractivity contribution in [2.24, 2.45) is 7.05 Å². The summed E-state index contributed by atoms with van der Waals surface area (Å²) in [6.45, 7) is 3.31. The summed E-state index contributed by atoms with van der Waals surface area (Å²) < 4.78 is 171. The smallest absolute Gasteiger partial charge is 0.290 e. The fraction of sp³-hybridized carbons (Fsp3) is 0.467. The van der Waals surface area contributed by atoms with Gasteiger partial charge in [-0.15, -0.1) is 0 Å². The lowest BCUT2D eigenvalue weighted by atomic mass is 9.86. The van der Waals surface area contributed by atoms with E-state index in [9.17, 15) is 39.2 Å². The molecular weight excluding hydrogens is 942 g/mol. The molecule has 0 radical (unpaired) electrons. The summed E-state index contributed by atoms with van der Waals surface area (Å²) in [6, 6.07) is 8.58. The molecule has 66 heavy (non-hydrogen) atoms. The van der Waals surface area contributed by atoms with E-state index in [2.05, 4.69) is 22.0 Å². The second-order valence-corrected chi connectivity index (χ2v) is 23.8. The minimum absolute atomic E-state index is 0.0141. The number of fused-ring (bicyclic) bond motifs is 2. The third-order valence-corrected chi connectivity index (χ3v) is 18.4. The van der Waals surface area contributed by atoms with Crippen LogP contribution in [0, 0.1) is 23.5 Å². The third kappa shape index (κ3) is 8.75. The van der Waals surface area contributed by atoms with Crippen LogP contribution in [0.5, 0.6) is 0 Å². The number of pyridine rings is 1. The van der Waals surface area contributed by atoms with Gasteiger partial charge in [0.05, 0.1) is 43.2 Å². The van der Waals surface area contributed by atoms with Crippen LogP contribution in [0.3, 0.4) is 0 Å². The molecule has 8 rings (SSSR count). The normalized spacial score (nSPS) is 18.2. The van der Waals surface area contributed by atoms with Crippen LogP contribution in [-0.4, -0.2) is 61.9 Å². The monoisotopic (exact) mass is 983 g/mol. The molecule has 2 aromatic carbocycles. The number of hydrogen-bond donors (Lipinski definition) is 0. The van der Waals surface area contributed by atoms with E-state index < -0.39 is 131 Å². The standard InChI is InChI=1S/C45H42ClF8N5O5S2/c1-42(2,66(63,64)30-6-7-30)12-11-28-5-8-31(32-9-10-33(46)35-34(56-58(4)39(32)35)23-65(61,62)43(3)13-14-43)37(55-28)25(17-24-18-26(47)21-27(48)19-24)20-29(60)22-59-40-36(38(57-59)41(49)50)44(51,52)15-16-45(40,53)54/h5,8-10,18-19,21,25,30,41H,6-7,13-17,20,22-23H2,1-4H3/t25-/m1/s1. The molecule has 3 aliphatic carbocycles. The van der Waals surface area contributed by atoms with Crippen LogP contribution in [0.4, 0.5) is 35.1 Å². The van der Waals surface area contributed by atoms with Crippen molar-refractivity contribution in [2.45, 2.75) is 123 Å². The zero-order valence-electron chi connectivity index (χ0n) is 35.8. The van der Waals surface area contributed by atoms with Gasteiger partial charge >= 0.3 is 0 Å². The summed E-state index contributed by atoms with van der Waals surface area (Å²) in [6.07, 6.45) is -5.81. The number of hydrogen-bond acceptors (Lipinski definition) is 8. The summed E-state index contributed by atoms with van der Waals surface area (Å²) in [5.74, 6) is -7.33. The van der Waals surface area contributed by atoms with E-state index in [-0.39, 0.29) is 43.3 Å². The minimum atomic E-state index is -4.11. The van der Waals surface area contributed by atoms with Gasteiger partial charge in [-0.1, -0.05) is 23.6 Å². The molecule has 10 nitrogen and oxygen atoms in total. The molecule has 0 aliphatic heterocycles. The number of aromatic nitrogens is 5. The van der Waals surface area contributed by atoms with Gasteiger partial charge in [-0.25, -0.2) is 48.2 Å². The maximum Gasteiger partial charge on any atom is 0.290 e. The molecule has 352 valence electrons. The summed E-state index contributed by atoms with van der Waals surface area (Å²) in [5.41, 5.74) is -3.87. The van der Waals surface area contributed by atoms with Crippen LogP contribution in [0.1, 0.15) is 118 Å². The van der Waals surface area contributed by atoms with E-state index >= 15 is 17.6 Å². The number of benzene rings is 2. The second kappa shape index (κ2) is 16.4. The Bertz CT molecular complexity index is 3100. The molecule has 3 aromatic heterocycles. The molecule has 2 saturated carbocycles. The van der Waals surface area contributed by atoms with Gasteiger partial charge in [0.15, 0.2) is 25.5 Å². The number of rotatable bonds is 14. The van der Waals surface area contributed by atoms with Gasteiger partial charge in [0.2, 0.25) is 0 Å². The molecular formula is C45H42ClF8N5O5S2. The zero-order chi connectivity index (χ0) is 48.1. The first-order chi connectivity index (χ1) is 30.6. The lowest BCUT2D eigenvalue weighted by molar-refractivity contribution is -0.121. The van der Waals surface area contributed by atoms with Gasteiger partial charge in [0.25, 0.3) is 18.3 Å². The zero-order valence-corrected chi connectivity index (χ0v) is 38.2. The minimum Gasteiger partial charge on any atom is -0.298 e. The number of halogens is 9. The number of Topliss-reactive ketones (excluding diaryl/α,β-unsaturated/α-hetero) is 1. The summed E-state index contributed by atoms with van der Waals surface area (Å²) in [7, 11) is -5.89. The number of carbonyl (C=O) groups excluding carboxylic acids is 1. The van der Waals surface area contributed by atoms with E-state index in [1.807, 2.05) is 0 Å². The predicted molar refractivity (Wildman–Crippen MR) is 229 cm³/mol. The van der Waals surface area contributed by atoms with Crippen LogP contribution < -0.4 is 0 Å². The van der Waals surface area contributed by atoms with Gasteiger partial charge in [-0.2, -0.15) is 19.0 Å². The third-order valence-electron chi connectivity index (χ3n) is 12.7. The van der Waals surface area contributed by atoms with Crippen LogP contribution in [0.25, 0.3) is 22.0 Å². The first-order valence-electron chi connectivity index (χ1n) is 20.9. The number of aryl methyl sites for hydroxylation is 1. The van der Waals surface area contributed by atoms with E-state index in [1.54, 1.807) is 20.0 Å². The molecule has 21 heteroatoms. The van der Waals surface area contributed by atoms with Crippen LogP contribution >= 0.6 is 11.6 Å². The first kappa shape index (κ1) is 47.6. The van der Waals surface area contributed by atoms with Gasteiger partial charge in [-0.3, -0.25) is 14.2 Å². The topological polar surface area (TPSA) is 134 Å². The van der Waals surface area contributed by atoms with Crippen molar-refractivity contribution in [1.29, 1.82) is 0 Å². The molecule has 3 heterocycles. The van der Waals surface area contributed by atoms with Gasteiger partial charge in [0, 0.05) is 54.8 Å². The highest BCUT2D eigenvalue weighted by Gasteiger charge is 2.55. The second-order valence-electron chi connectivity index (χ2n) is 18.1. The Morgan fingerprint density at radius 3 is 2.17 bits per heavy atom. The van der Waals surface area contributed by atoms with Gasteiger partial charge in [0.1, 0.15) is 40.0 Å². The summed E-state index contributed by atoms with van der Waals surface area (Å²) in [4.78, 5) is 19.0. The summed E-state index contributed by atoms with van der Waals surface area (Å²) in [5, 5.41) is 7.79. The van der Waals surface area contributed by atoms with E-state index in [0.717, 1.165) is 12.1 Å². The van der Waals surface area contributed by atoms with E-state index in [0.29, 0.717) is 42.8 Å². The molecule has 0 amide bonds. The number of alkyl halides is 6. The average Bonchev–Trinajstić information content (AvgIpc) is 4.14. The molecule has 1 atom stereocenters. The Labute approximate surface area is 379 Å². The lowest BCUT2D eigenvalue weighted by Crippen LogP contribution is -2.33. The Morgan fingerprint density at radius 1 is 0.909 bits per heavy atom. The van der Waals surface area contributed by atoms with E-state index in [4.69, 9.17) is 16.6 Å². The van der Waals surface area contributed by atoms with E-state index in [1.165, 1.54) is 36.7 Å². The van der Waals surface area contributed by atoms with Crippen LogP contribution in [-0.2, 0) is 62.1 Å². The fourth-order valence-corrected chi connectivity index (χ4v) is 12.3. The Morgan fingerprint density at radius 2 is 1.55 bits per heavy atom. The highest BCUT2D eigenvalue weighted by atomic mass is 35.5. The first-order valence-corrected chi connectivity index (χ1v) is 24.5. The Hall–Kier alpha value is -4.87. The summed E-state index contributed by atoms with van der Waals surface area (Å²) >= 11 is 6.76. The molecule has 0 bridgehead atoms. The molecule has 0 unspecified atom stereocenters. The van der Waals surface area contributed by atoms with Crippen molar-refractivity contribution in [2.75, 3.05) is 0 Å². The van der Waals surface area contributed by atoms with Crippen LogP contribution in [0.15, 0.2) is 42.5 Å². The van der Waals surface area contributed by atoms with Gasteiger partial charge < -0.3 is 0 Å². The van der Waals surface area contributed by atoms with Crippen molar-refractivity contribution in [1.82, 2.24) is 24.5 Å². The SMILES string of the molecule is Cn1nc(CS(=O)(=O)C2(C)CC2)c2c(Cl)ccc(-c3ccc(C#CC(C)(C)S(=O)(=O)C4CC4)nc3[C@@H](CC(=O)Cn3nc(C(F)F)c4c3C(F)(F)CCC4(F)F)Cc3cc(F)cc(F)c3)c21. The Kier molecular flexibility index (Phi) is 11.9. The highest BCUT2D eigenvalue weighted by molar-refractivity contribution is 7.94. The maximum atomic E-state index is 15.4. The van der Waals surface area contributed by atoms with Crippen molar-refractivity contribution >= 4 is 48.0 Å². The van der Waals surface area contributed by atoms with Crippen LogP contribution in [0.2, 0.25) is 5.02 Å².